The number of rotatable bonds is 3. The van der Waals surface area contributed by atoms with Crippen molar-refractivity contribution in [2.24, 2.45) is 5.16 Å². The van der Waals surface area contributed by atoms with E-state index in [1.54, 1.807) is 0 Å². The van der Waals surface area contributed by atoms with E-state index in [2.05, 4.69) is 5.16 Å². The molecule has 19 heavy (non-hydrogen) atoms. The largest absolute Gasteiger partial charge is 0.622 e. The highest BCUT2D eigenvalue weighted by Gasteiger charge is 2.49. The van der Waals surface area contributed by atoms with Gasteiger partial charge in [0.05, 0.1) is 6.21 Å². The predicted octanol–water partition coefficient (Wildman–Crippen LogP) is 1.89. The van der Waals surface area contributed by atoms with E-state index in [4.69, 9.17) is 5.21 Å². The number of hydrogen-bond donors (Lipinski definition) is 1. The minimum absolute atomic E-state index is 0.289. The summed E-state index contributed by atoms with van der Waals surface area (Å²) in [5, 5.41) is 24.0. The van der Waals surface area contributed by atoms with Gasteiger partial charge in [0, 0.05) is 19.0 Å². The van der Waals surface area contributed by atoms with Gasteiger partial charge in [-0.05, 0) is 26.0 Å². The predicted molar refractivity (Wildman–Crippen MR) is 74.7 cm³/mol. The molecule has 0 bridgehead atoms. The Balaban J connectivity index is 2.43. The average Bonchev–Trinajstić information content (AvgIpc) is 2.55. The van der Waals surface area contributed by atoms with Crippen LogP contribution in [0.3, 0.4) is 0 Å². The van der Waals surface area contributed by atoms with E-state index < -0.39 is 5.54 Å². The fraction of sp³-hybridized carbons (Fsp3) is 0.429. The van der Waals surface area contributed by atoms with Crippen molar-refractivity contribution in [1.29, 1.82) is 0 Å². The van der Waals surface area contributed by atoms with Crippen LogP contribution in [0.4, 0.5) is 0 Å². The molecule has 1 N–H and O–H groups in total. The third-order valence-corrected chi connectivity index (χ3v) is 3.72. The summed E-state index contributed by atoms with van der Waals surface area (Å²) in [6.45, 7) is 6.31. The second kappa shape index (κ2) is 5.01. The van der Waals surface area contributed by atoms with E-state index in [9.17, 15) is 5.21 Å². The number of oxime groups is 1. The lowest BCUT2D eigenvalue weighted by atomic mass is 9.91. The van der Waals surface area contributed by atoms with Gasteiger partial charge >= 0.3 is 0 Å². The Morgan fingerprint density at radius 3 is 2.63 bits per heavy atom. The van der Waals surface area contributed by atoms with E-state index >= 15 is 0 Å². The van der Waals surface area contributed by atoms with Gasteiger partial charge in [-0.25, -0.2) is 4.90 Å². The summed E-state index contributed by atoms with van der Waals surface area (Å²) < 4.78 is 1.04. The number of nitrogens with zero attached hydrogens (tertiary/aromatic N) is 3. The van der Waals surface area contributed by atoms with Gasteiger partial charge in [-0.1, -0.05) is 18.2 Å². The lowest BCUT2D eigenvalue weighted by Crippen LogP contribution is -2.48. The van der Waals surface area contributed by atoms with Gasteiger partial charge in [-0.3, -0.25) is 0 Å². The highest BCUT2D eigenvalue weighted by atomic mass is 16.5. The second-order valence-corrected chi connectivity index (χ2v) is 5.18. The summed E-state index contributed by atoms with van der Waals surface area (Å²) in [5.41, 5.74) is 1.26. The van der Waals surface area contributed by atoms with Crippen LogP contribution >= 0.6 is 0 Å². The Morgan fingerprint density at radius 2 is 2.05 bits per heavy atom. The lowest BCUT2D eigenvalue weighted by molar-refractivity contribution is -0.509. The van der Waals surface area contributed by atoms with Gasteiger partial charge in [0.15, 0.2) is 0 Å². The molecule has 0 spiro atoms. The number of hydrogen-bond acceptors (Lipinski definition) is 4. The molecule has 1 aliphatic heterocycles. The lowest BCUT2D eigenvalue weighted by Gasteiger charge is -2.29. The summed E-state index contributed by atoms with van der Waals surface area (Å²) in [6, 6.07) is 9.67. The highest BCUT2D eigenvalue weighted by Crippen LogP contribution is 2.29. The molecule has 5 heteroatoms. The van der Waals surface area contributed by atoms with Gasteiger partial charge < -0.3 is 10.4 Å². The molecule has 1 aromatic carbocycles. The van der Waals surface area contributed by atoms with Crippen LogP contribution in [0.2, 0.25) is 0 Å². The maximum absolute atomic E-state index is 12.4. The van der Waals surface area contributed by atoms with E-state index in [0.717, 1.165) is 16.0 Å². The summed E-state index contributed by atoms with van der Waals surface area (Å²) in [4.78, 5) is 2.00. The fourth-order valence-electron chi connectivity index (χ4n) is 2.77. The zero-order chi connectivity index (χ0) is 14.0. The summed E-state index contributed by atoms with van der Waals surface area (Å²) in [5.74, 6) is 0. The normalized spacial score (nSPS) is 23.4. The molecule has 0 radical (unpaired) electrons. The molecule has 1 aromatic rings. The van der Waals surface area contributed by atoms with Crippen molar-refractivity contribution in [2.75, 3.05) is 6.54 Å². The van der Waals surface area contributed by atoms with Crippen LogP contribution in [0.25, 0.3) is 0 Å². The van der Waals surface area contributed by atoms with Crippen LogP contribution < -0.4 is 0 Å². The van der Waals surface area contributed by atoms with Crippen molar-refractivity contribution in [2.45, 2.75) is 32.5 Å². The Hall–Kier alpha value is -1.88. The van der Waals surface area contributed by atoms with Crippen molar-refractivity contribution < 1.29 is 9.95 Å². The molecular weight excluding hydrogens is 242 g/mol. The Kier molecular flexibility index (Phi) is 3.57. The van der Waals surface area contributed by atoms with Crippen LogP contribution in [0, 0.1) is 5.21 Å². The molecule has 0 aromatic heterocycles. The van der Waals surface area contributed by atoms with Crippen LogP contribution in [-0.4, -0.2) is 45.0 Å². The summed E-state index contributed by atoms with van der Waals surface area (Å²) in [7, 11) is 0. The minimum Gasteiger partial charge on any atom is -0.622 e. The molecule has 2 rings (SSSR count). The van der Waals surface area contributed by atoms with Gasteiger partial charge in [0.25, 0.3) is 0 Å². The standard InChI is InChI=1S/C14H19N3O2/c1-11-16(10-9-15-18)14(2,3)13(17(11)19)12-7-5-4-6-8-12/h4-9,11,18H,10H2,1-3H3. The maximum atomic E-state index is 12.4. The molecule has 1 heterocycles. The monoisotopic (exact) mass is 261 g/mol. The Morgan fingerprint density at radius 1 is 1.42 bits per heavy atom. The second-order valence-electron chi connectivity index (χ2n) is 5.18. The van der Waals surface area contributed by atoms with Crippen LogP contribution in [-0.2, 0) is 0 Å². The molecule has 1 atom stereocenters. The average molecular weight is 261 g/mol. The first-order valence-electron chi connectivity index (χ1n) is 6.32. The molecular formula is C14H19N3O2. The van der Waals surface area contributed by atoms with Crippen molar-refractivity contribution >= 4 is 11.9 Å². The van der Waals surface area contributed by atoms with Gasteiger partial charge in [-0.15, -0.1) is 5.16 Å². The van der Waals surface area contributed by atoms with Crippen molar-refractivity contribution in [3.63, 3.8) is 0 Å². The Labute approximate surface area is 113 Å². The van der Waals surface area contributed by atoms with E-state index in [0.29, 0.717) is 6.54 Å². The highest BCUT2D eigenvalue weighted by molar-refractivity contribution is 6.04. The molecule has 5 nitrogen and oxygen atoms in total. The van der Waals surface area contributed by atoms with Gasteiger partial charge in [0.2, 0.25) is 11.9 Å². The molecule has 0 saturated heterocycles. The molecule has 0 amide bonds. The fourth-order valence-corrected chi connectivity index (χ4v) is 2.77. The first kappa shape index (κ1) is 13.5. The third-order valence-electron chi connectivity index (χ3n) is 3.72. The maximum Gasteiger partial charge on any atom is 0.218 e. The molecule has 1 aliphatic rings. The SMILES string of the molecule is CC1N(CC=NO)C(C)(C)C(c2ccccc2)=[N+]1[O-]. The van der Waals surface area contributed by atoms with E-state index in [1.807, 2.05) is 56.0 Å². The smallest absolute Gasteiger partial charge is 0.218 e. The van der Waals surface area contributed by atoms with E-state index in [-0.39, 0.29) is 6.17 Å². The molecule has 0 aliphatic carbocycles. The molecule has 1 unspecified atom stereocenters. The minimum atomic E-state index is -0.413. The molecule has 102 valence electrons. The van der Waals surface area contributed by atoms with Gasteiger partial charge in [-0.2, -0.15) is 4.74 Å². The first-order chi connectivity index (χ1) is 9.00. The van der Waals surface area contributed by atoms with Gasteiger partial charge in [0.1, 0.15) is 5.54 Å². The number of hydroxylamine groups is 1. The zero-order valence-corrected chi connectivity index (χ0v) is 11.4. The van der Waals surface area contributed by atoms with Crippen LogP contribution in [0.15, 0.2) is 35.5 Å². The topological polar surface area (TPSA) is 61.9 Å². The molecule has 0 fully saturated rings. The third kappa shape index (κ3) is 2.21. The summed E-state index contributed by atoms with van der Waals surface area (Å²) in [6.07, 6.45) is 1.11. The van der Waals surface area contributed by atoms with Crippen LogP contribution in [0.5, 0.6) is 0 Å². The van der Waals surface area contributed by atoms with E-state index in [1.165, 1.54) is 6.21 Å². The molecule has 0 saturated carbocycles. The summed E-state index contributed by atoms with van der Waals surface area (Å²) >= 11 is 0. The number of benzene rings is 1. The Bertz CT molecular complexity index is 509. The van der Waals surface area contributed by atoms with Crippen molar-refractivity contribution in [3.05, 3.63) is 41.1 Å². The van der Waals surface area contributed by atoms with Crippen molar-refractivity contribution in [1.82, 2.24) is 4.90 Å². The zero-order valence-electron chi connectivity index (χ0n) is 11.4. The quantitative estimate of drug-likeness (QED) is 0.297. The van der Waals surface area contributed by atoms with Crippen LogP contribution in [0.1, 0.15) is 26.3 Å². The van der Waals surface area contributed by atoms with Crippen molar-refractivity contribution in [3.8, 4) is 0 Å². The first-order valence-corrected chi connectivity index (χ1v) is 6.32.